The number of rotatable bonds is 4. The van der Waals surface area contributed by atoms with Crippen LogP contribution in [-0.4, -0.2) is 46.4 Å². The van der Waals surface area contributed by atoms with Crippen molar-refractivity contribution >= 4 is 5.91 Å². The molecule has 1 atom stereocenters. The van der Waals surface area contributed by atoms with E-state index in [9.17, 15) is 4.79 Å². The highest BCUT2D eigenvalue weighted by Crippen LogP contribution is 2.42. The molecule has 5 nitrogen and oxygen atoms in total. The molecule has 1 aliphatic carbocycles. The molecule has 2 fully saturated rings. The van der Waals surface area contributed by atoms with Crippen molar-refractivity contribution in [3.63, 3.8) is 0 Å². The minimum atomic E-state index is 0.103. The van der Waals surface area contributed by atoms with Gasteiger partial charge in [0.15, 0.2) is 0 Å². The molecule has 1 aromatic carbocycles. The lowest BCUT2D eigenvalue weighted by Gasteiger charge is -2.31. The Labute approximate surface area is 142 Å². The predicted octanol–water partition coefficient (Wildman–Crippen LogP) is 2.67. The molecule has 0 N–H and O–H groups in total. The quantitative estimate of drug-likeness (QED) is 0.868. The van der Waals surface area contributed by atoms with Crippen LogP contribution >= 0.6 is 0 Å². The Morgan fingerprint density at radius 3 is 2.79 bits per heavy atom. The van der Waals surface area contributed by atoms with E-state index in [1.807, 2.05) is 34.7 Å². The summed E-state index contributed by atoms with van der Waals surface area (Å²) in [6, 6.07) is 10.3. The number of hydrogen-bond acceptors (Lipinski definition) is 3. The Morgan fingerprint density at radius 1 is 1.29 bits per heavy atom. The third-order valence-corrected chi connectivity index (χ3v) is 4.78. The van der Waals surface area contributed by atoms with Crippen LogP contribution in [0.3, 0.4) is 0 Å². The van der Waals surface area contributed by atoms with Crippen LogP contribution in [0.4, 0.5) is 0 Å². The summed E-state index contributed by atoms with van der Waals surface area (Å²) in [4.78, 5) is 14.9. The van der Waals surface area contributed by atoms with Gasteiger partial charge in [0.25, 0.3) is 5.91 Å². The molecule has 1 aromatic heterocycles. The first-order valence-corrected chi connectivity index (χ1v) is 8.73. The highest BCUT2D eigenvalue weighted by Gasteiger charge is 2.34. The molecule has 0 bridgehead atoms. The highest BCUT2D eigenvalue weighted by atomic mass is 16.5. The van der Waals surface area contributed by atoms with Crippen LogP contribution in [0.2, 0.25) is 0 Å². The average Bonchev–Trinajstić information content (AvgIpc) is 3.36. The SMILES string of the molecule is C[C@H]1CN(C(=O)c2cnn(Cc3ccccc3)c2C2CC2)CCO1. The standard InChI is InChI=1S/C19H23N3O2/c1-14-12-21(9-10-24-14)19(23)17-11-20-22(18(17)16-7-8-16)13-15-5-3-2-4-6-15/h2-6,11,14,16H,7-10,12-13H2,1H3/t14-/m0/s1. The second kappa shape index (κ2) is 6.40. The van der Waals surface area contributed by atoms with Gasteiger partial charge in [0.2, 0.25) is 0 Å². The molecule has 126 valence electrons. The number of nitrogens with zero attached hydrogens (tertiary/aromatic N) is 3. The monoisotopic (exact) mass is 325 g/mol. The van der Waals surface area contributed by atoms with Gasteiger partial charge in [0, 0.05) is 19.0 Å². The number of benzene rings is 1. The Balaban J connectivity index is 1.60. The molecule has 1 amide bonds. The molecule has 5 heteroatoms. The fraction of sp³-hybridized carbons (Fsp3) is 0.474. The number of amides is 1. The molecule has 24 heavy (non-hydrogen) atoms. The van der Waals surface area contributed by atoms with Crippen molar-refractivity contribution in [3.8, 4) is 0 Å². The second-order valence-corrected chi connectivity index (χ2v) is 6.79. The fourth-order valence-corrected chi connectivity index (χ4v) is 3.40. The van der Waals surface area contributed by atoms with Gasteiger partial charge in [-0.3, -0.25) is 9.48 Å². The van der Waals surface area contributed by atoms with Gasteiger partial charge in [-0.1, -0.05) is 30.3 Å². The topological polar surface area (TPSA) is 47.4 Å². The molecule has 1 aliphatic heterocycles. The van der Waals surface area contributed by atoms with Crippen molar-refractivity contribution in [2.45, 2.75) is 38.3 Å². The summed E-state index contributed by atoms with van der Waals surface area (Å²) in [7, 11) is 0. The number of morpholine rings is 1. The highest BCUT2D eigenvalue weighted by molar-refractivity contribution is 5.95. The zero-order valence-corrected chi connectivity index (χ0v) is 14.0. The van der Waals surface area contributed by atoms with E-state index in [4.69, 9.17) is 4.74 Å². The van der Waals surface area contributed by atoms with Crippen molar-refractivity contribution in [3.05, 3.63) is 53.3 Å². The van der Waals surface area contributed by atoms with E-state index >= 15 is 0 Å². The summed E-state index contributed by atoms with van der Waals surface area (Å²) in [5.74, 6) is 0.583. The van der Waals surface area contributed by atoms with Gasteiger partial charge in [-0.05, 0) is 25.3 Å². The maximum absolute atomic E-state index is 13.0. The lowest BCUT2D eigenvalue weighted by molar-refractivity contribution is -0.0124. The molecule has 0 radical (unpaired) electrons. The number of carbonyl (C=O) groups is 1. The minimum absolute atomic E-state index is 0.103. The summed E-state index contributed by atoms with van der Waals surface area (Å²) in [6.07, 6.45) is 4.17. The minimum Gasteiger partial charge on any atom is -0.375 e. The van der Waals surface area contributed by atoms with Gasteiger partial charge in [0.1, 0.15) is 0 Å². The van der Waals surface area contributed by atoms with Crippen LogP contribution in [0.5, 0.6) is 0 Å². The lowest BCUT2D eigenvalue weighted by Crippen LogP contribution is -2.44. The Morgan fingerprint density at radius 2 is 2.08 bits per heavy atom. The number of carbonyl (C=O) groups excluding carboxylic acids is 1. The van der Waals surface area contributed by atoms with E-state index in [-0.39, 0.29) is 12.0 Å². The zero-order chi connectivity index (χ0) is 16.5. The van der Waals surface area contributed by atoms with Crippen LogP contribution in [0, 0.1) is 0 Å². The molecule has 1 saturated heterocycles. The summed E-state index contributed by atoms with van der Waals surface area (Å²) in [5.41, 5.74) is 3.10. The van der Waals surface area contributed by atoms with Crippen molar-refractivity contribution in [2.75, 3.05) is 19.7 Å². The Kier molecular flexibility index (Phi) is 4.10. The van der Waals surface area contributed by atoms with Gasteiger partial charge in [-0.25, -0.2) is 0 Å². The molecular weight excluding hydrogens is 302 g/mol. The van der Waals surface area contributed by atoms with E-state index in [0.717, 1.165) is 30.6 Å². The number of aromatic nitrogens is 2. The largest absolute Gasteiger partial charge is 0.375 e. The van der Waals surface area contributed by atoms with Crippen LogP contribution in [-0.2, 0) is 11.3 Å². The maximum Gasteiger partial charge on any atom is 0.257 e. The predicted molar refractivity (Wildman–Crippen MR) is 91.1 cm³/mol. The molecule has 1 saturated carbocycles. The molecule has 2 aromatic rings. The van der Waals surface area contributed by atoms with E-state index in [1.165, 1.54) is 5.56 Å². The van der Waals surface area contributed by atoms with E-state index < -0.39 is 0 Å². The summed E-state index contributed by atoms with van der Waals surface area (Å²) < 4.78 is 7.57. The summed E-state index contributed by atoms with van der Waals surface area (Å²) in [6.45, 7) is 4.67. The molecule has 0 unspecified atom stereocenters. The van der Waals surface area contributed by atoms with E-state index in [2.05, 4.69) is 17.2 Å². The lowest BCUT2D eigenvalue weighted by atomic mass is 10.1. The van der Waals surface area contributed by atoms with Crippen LogP contribution in [0.25, 0.3) is 0 Å². The van der Waals surface area contributed by atoms with E-state index in [1.54, 1.807) is 6.20 Å². The van der Waals surface area contributed by atoms with Crippen molar-refractivity contribution < 1.29 is 9.53 Å². The van der Waals surface area contributed by atoms with Crippen LogP contribution in [0.15, 0.2) is 36.5 Å². The Hall–Kier alpha value is -2.14. The van der Waals surface area contributed by atoms with Gasteiger partial charge in [-0.15, -0.1) is 0 Å². The zero-order valence-electron chi connectivity index (χ0n) is 14.0. The van der Waals surface area contributed by atoms with Crippen LogP contribution < -0.4 is 0 Å². The third-order valence-electron chi connectivity index (χ3n) is 4.78. The number of ether oxygens (including phenoxy) is 1. The molecule has 4 rings (SSSR count). The van der Waals surface area contributed by atoms with Gasteiger partial charge < -0.3 is 9.64 Å². The average molecular weight is 325 g/mol. The first-order chi connectivity index (χ1) is 11.7. The smallest absolute Gasteiger partial charge is 0.257 e. The Bertz CT molecular complexity index is 721. The van der Waals surface area contributed by atoms with Gasteiger partial charge in [0.05, 0.1) is 36.7 Å². The normalized spacial score (nSPS) is 21.0. The first-order valence-electron chi connectivity index (χ1n) is 8.73. The molecule has 2 heterocycles. The second-order valence-electron chi connectivity index (χ2n) is 6.79. The summed E-state index contributed by atoms with van der Waals surface area (Å²) in [5, 5.41) is 4.55. The number of hydrogen-bond donors (Lipinski definition) is 0. The third kappa shape index (κ3) is 3.08. The van der Waals surface area contributed by atoms with Gasteiger partial charge >= 0.3 is 0 Å². The first kappa shape index (κ1) is 15.4. The molecule has 0 spiro atoms. The van der Waals surface area contributed by atoms with Crippen LogP contribution in [0.1, 0.15) is 47.3 Å². The van der Waals surface area contributed by atoms with Crippen molar-refractivity contribution in [2.24, 2.45) is 0 Å². The molecular formula is C19H23N3O2. The van der Waals surface area contributed by atoms with E-state index in [0.29, 0.717) is 25.6 Å². The van der Waals surface area contributed by atoms with Crippen molar-refractivity contribution in [1.82, 2.24) is 14.7 Å². The van der Waals surface area contributed by atoms with Gasteiger partial charge in [-0.2, -0.15) is 5.10 Å². The molecule has 2 aliphatic rings. The fourth-order valence-electron chi connectivity index (χ4n) is 3.40. The van der Waals surface area contributed by atoms with Crippen molar-refractivity contribution in [1.29, 1.82) is 0 Å². The summed E-state index contributed by atoms with van der Waals surface area (Å²) >= 11 is 0. The maximum atomic E-state index is 13.0.